The summed E-state index contributed by atoms with van der Waals surface area (Å²) in [6.45, 7) is 0. The lowest BCUT2D eigenvalue weighted by atomic mass is 10.1. The Morgan fingerprint density at radius 2 is 1.79 bits per heavy atom. The molecule has 1 amide bonds. The molecule has 0 saturated heterocycles. The van der Waals surface area contributed by atoms with Crippen LogP contribution >= 0.6 is 0 Å². The number of rotatable bonds is 3. The van der Waals surface area contributed by atoms with Gasteiger partial charge >= 0.3 is 0 Å². The molecule has 0 aliphatic rings. The fourth-order valence-electron chi connectivity index (χ4n) is 1.66. The number of methoxy groups -OCH3 is 1. The summed E-state index contributed by atoms with van der Waals surface area (Å²) in [6.07, 6.45) is 0. The van der Waals surface area contributed by atoms with Gasteiger partial charge in [-0.3, -0.25) is 4.79 Å². The van der Waals surface area contributed by atoms with Crippen LogP contribution in [-0.4, -0.2) is 23.2 Å². The number of phenols is 2. The summed E-state index contributed by atoms with van der Waals surface area (Å²) in [4.78, 5) is 12.1. The molecule has 98 valence electrons. The van der Waals surface area contributed by atoms with Gasteiger partial charge in [-0.25, -0.2) is 0 Å². The first kappa shape index (κ1) is 12.8. The topological polar surface area (TPSA) is 78.8 Å². The van der Waals surface area contributed by atoms with Crippen LogP contribution in [0, 0.1) is 0 Å². The minimum atomic E-state index is -0.486. The molecule has 0 aromatic heterocycles. The third kappa shape index (κ3) is 2.77. The van der Waals surface area contributed by atoms with E-state index in [0.29, 0.717) is 5.69 Å². The lowest BCUT2D eigenvalue weighted by Crippen LogP contribution is -2.13. The molecule has 2 rings (SSSR count). The molecule has 0 heterocycles. The summed E-state index contributed by atoms with van der Waals surface area (Å²) >= 11 is 0. The summed E-state index contributed by atoms with van der Waals surface area (Å²) in [6, 6.07) is 10.6. The van der Waals surface area contributed by atoms with E-state index in [1.54, 1.807) is 24.3 Å². The first-order valence-electron chi connectivity index (χ1n) is 5.58. The molecule has 3 N–H and O–H groups in total. The van der Waals surface area contributed by atoms with E-state index in [9.17, 15) is 9.90 Å². The molecule has 19 heavy (non-hydrogen) atoms. The van der Waals surface area contributed by atoms with Crippen LogP contribution in [0.25, 0.3) is 0 Å². The highest BCUT2D eigenvalue weighted by atomic mass is 16.5. The second-order valence-corrected chi connectivity index (χ2v) is 3.86. The number of nitrogens with one attached hydrogen (secondary N) is 1. The predicted octanol–water partition coefficient (Wildman–Crippen LogP) is 2.36. The maximum atomic E-state index is 12.1. The van der Waals surface area contributed by atoms with Crippen LogP contribution < -0.4 is 10.1 Å². The van der Waals surface area contributed by atoms with Crippen molar-refractivity contribution in [3.8, 4) is 17.2 Å². The lowest BCUT2D eigenvalue weighted by molar-refractivity contribution is 0.102. The van der Waals surface area contributed by atoms with Crippen LogP contribution in [0.4, 0.5) is 5.69 Å². The maximum absolute atomic E-state index is 12.1. The first-order valence-corrected chi connectivity index (χ1v) is 5.58. The number of ether oxygens (including phenoxy) is 1. The van der Waals surface area contributed by atoms with E-state index < -0.39 is 5.91 Å². The molecular formula is C14H13NO4. The van der Waals surface area contributed by atoms with Crippen molar-refractivity contribution in [3.63, 3.8) is 0 Å². The lowest BCUT2D eigenvalue weighted by Gasteiger charge is -2.10. The van der Waals surface area contributed by atoms with E-state index in [0.717, 1.165) is 0 Å². The van der Waals surface area contributed by atoms with Gasteiger partial charge in [-0.1, -0.05) is 6.07 Å². The largest absolute Gasteiger partial charge is 0.508 e. The van der Waals surface area contributed by atoms with Gasteiger partial charge in [0.1, 0.15) is 22.8 Å². The number of anilines is 1. The Hall–Kier alpha value is -2.69. The van der Waals surface area contributed by atoms with E-state index in [2.05, 4.69) is 5.32 Å². The highest BCUT2D eigenvalue weighted by Crippen LogP contribution is 2.28. The van der Waals surface area contributed by atoms with Gasteiger partial charge in [0.15, 0.2) is 0 Å². The maximum Gasteiger partial charge on any atom is 0.263 e. The second kappa shape index (κ2) is 5.30. The number of amides is 1. The third-order valence-corrected chi connectivity index (χ3v) is 2.58. The Morgan fingerprint density at radius 3 is 2.42 bits per heavy atom. The quantitative estimate of drug-likeness (QED) is 0.739. The van der Waals surface area contributed by atoms with Crippen molar-refractivity contribution in [2.24, 2.45) is 0 Å². The molecule has 0 spiro atoms. The van der Waals surface area contributed by atoms with Crippen molar-refractivity contribution < 1.29 is 19.7 Å². The molecule has 5 heteroatoms. The van der Waals surface area contributed by atoms with Crippen molar-refractivity contribution in [2.75, 3.05) is 12.4 Å². The van der Waals surface area contributed by atoms with Gasteiger partial charge in [-0.2, -0.15) is 0 Å². The van der Waals surface area contributed by atoms with Crippen molar-refractivity contribution in [3.05, 3.63) is 48.0 Å². The molecule has 0 bridgehead atoms. The summed E-state index contributed by atoms with van der Waals surface area (Å²) in [5.74, 6) is -0.245. The molecule has 0 atom stereocenters. The highest BCUT2D eigenvalue weighted by molar-refractivity contribution is 6.08. The average Bonchev–Trinajstić information content (AvgIpc) is 2.40. The Labute approximate surface area is 110 Å². The number of carbonyl (C=O) groups is 1. The van der Waals surface area contributed by atoms with Crippen LogP contribution in [0.15, 0.2) is 42.5 Å². The predicted molar refractivity (Wildman–Crippen MR) is 70.7 cm³/mol. The molecule has 0 radical (unpaired) electrons. The van der Waals surface area contributed by atoms with E-state index in [1.807, 2.05) is 0 Å². The van der Waals surface area contributed by atoms with Gasteiger partial charge in [0.25, 0.3) is 5.91 Å². The second-order valence-electron chi connectivity index (χ2n) is 3.86. The summed E-state index contributed by atoms with van der Waals surface area (Å²) in [5.41, 5.74) is 0.575. The highest BCUT2D eigenvalue weighted by Gasteiger charge is 2.17. The number of hydrogen-bond acceptors (Lipinski definition) is 4. The van der Waals surface area contributed by atoms with Crippen LogP contribution in [0.2, 0.25) is 0 Å². The summed E-state index contributed by atoms with van der Waals surface area (Å²) < 4.78 is 5.04. The molecule has 5 nitrogen and oxygen atoms in total. The Kier molecular flexibility index (Phi) is 3.56. The number of phenolic OH excluding ortho intramolecular Hbond substituents is 2. The minimum absolute atomic E-state index is 0.0677. The van der Waals surface area contributed by atoms with Crippen LogP contribution in [0.3, 0.4) is 0 Å². The zero-order valence-electron chi connectivity index (χ0n) is 10.3. The van der Waals surface area contributed by atoms with Gasteiger partial charge in [0.05, 0.1) is 7.11 Å². The Bertz CT molecular complexity index is 593. The normalized spacial score (nSPS) is 9.95. The number of aromatic hydroxyl groups is 2. The molecule has 0 unspecified atom stereocenters. The fraction of sp³-hybridized carbons (Fsp3) is 0.0714. The number of carbonyl (C=O) groups excluding carboxylic acids is 1. The average molecular weight is 259 g/mol. The number of benzene rings is 2. The van der Waals surface area contributed by atoms with Gasteiger partial charge in [-0.15, -0.1) is 0 Å². The van der Waals surface area contributed by atoms with Crippen LogP contribution in [0.1, 0.15) is 10.4 Å². The van der Waals surface area contributed by atoms with Crippen molar-refractivity contribution in [1.29, 1.82) is 0 Å². The molecule has 0 aliphatic heterocycles. The first-order chi connectivity index (χ1) is 9.11. The molecule has 0 fully saturated rings. The zero-order valence-corrected chi connectivity index (χ0v) is 10.3. The van der Waals surface area contributed by atoms with E-state index in [4.69, 9.17) is 9.84 Å². The standard InChI is InChI=1S/C14H13NO4/c1-19-12-4-2-3-11(17)13(12)14(18)15-9-5-7-10(16)8-6-9/h2-8,16-17H,1H3,(H,15,18). The third-order valence-electron chi connectivity index (χ3n) is 2.58. The summed E-state index contributed by atoms with van der Waals surface area (Å²) in [5, 5.41) is 21.5. The molecular weight excluding hydrogens is 246 g/mol. The van der Waals surface area contributed by atoms with Crippen molar-refractivity contribution in [2.45, 2.75) is 0 Å². The molecule has 2 aromatic carbocycles. The van der Waals surface area contributed by atoms with Gasteiger partial charge < -0.3 is 20.3 Å². The minimum Gasteiger partial charge on any atom is -0.508 e. The number of hydrogen-bond donors (Lipinski definition) is 3. The monoisotopic (exact) mass is 259 g/mol. The molecule has 2 aromatic rings. The molecule has 0 saturated carbocycles. The zero-order chi connectivity index (χ0) is 13.8. The van der Waals surface area contributed by atoms with Gasteiger partial charge in [0.2, 0.25) is 0 Å². The Morgan fingerprint density at radius 1 is 1.11 bits per heavy atom. The van der Waals surface area contributed by atoms with E-state index in [1.165, 1.54) is 25.3 Å². The fourth-order valence-corrected chi connectivity index (χ4v) is 1.66. The smallest absolute Gasteiger partial charge is 0.263 e. The summed E-state index contributed by atoms with van der Waals surface area (Å²) in [7, 11) is 1.42. The SMILES string of the molecule is COc1cccc(O)c1C(=O)Nc1ccc(O)cc1. The van der Waals surface area contributed by atoms with Gasteiger partial charge in [0, 0.05) is 5.69 Å². The van der Waals surface area contributed by atoms with Crippen molar-refractivity contribution >= 4 is 11.6 Å². The molecule has 0 aliphatic carbocycles. The Balaban J connectivity index is 2.27. The van der Waals surface area contributed by atoms with E-state index >= 15 is 0 Å². The van der Waals surface area contributed by atoms with Crippen molar-refractivity contribution in [1.82, 2.24) is 0 Å². The van der Waals surface area contributed by atoms with Crippen LogP contribution in [-0.2, 0) is 0 Å². The van der Waals surface area contributed by atoms with Crippen LogP contribution in [0.5, 0.6) is 17.2 Å². The van der Waals surface area contributed by atoms with E-state index in [-0.39, 0.29) is 22.8 Å². The van der Waals surface area contributed by atoms with Gasteiger partial charge in [-0.05, 0) is 36.4 Å².